The van der Waals surface area contributed by atoms with Gasteiger partial charge in [-0.2, -0.15) is 4.98 Å². The van der Waals surface area contributed by atoms with E-state index < -0.39 is 22.8 Å². The topological polar surface area (TPSA) is 131 Å². The molecule has 2 heterocycles. The molecule has 0 aliphatic rings. The van der Waals surface area contributed by atoms with E-state index in [0.29, 0.717) is 11.7 Å². The predicted molar refractivity (Wildman–Crippen MR) is 61.0 cm³/mol. The third-order valence-corrected chi connectivity index (χ3v) is 2.39. The van der Waals surface area contributed by atoms with Crippen molar-refractivity contribution in [3.63, 3.8) is 0 Å². The van der Waals surface area contributed by atoms with Crippen molar-refractivity contribution >= 4 is 5.97 Å². The first-order valence-electron chi connectivity index (χ1n) is 5.33. The molecule has 19 heavy (non-hydrogen) atoms. The lowest BCUT2D eigenvalue weighted by atomic mass is 10.3. The molecule has 0 saturated heterocycles. The number of aromatic amines is 1. The Morgan fingerprint density at radius 1 is 1.53 bits per heavy atom. The number of aryl methyl sites for hydroxylation is 3. The van der Waals surface area contributed by atoms with Crippen LogP contribution in [0.5, 0.6) is 0 Å². The van der Waals surface area contributed by atoms with Crippen molar-refractivity contribution in [1.29, 1.82) is 0 Å². The third kappa shape index (κ3) is 2.76. The minimum atomic E-state index is -1.40. The van der Waals surface area contributed by atoms with Crippen molar-refractivity contribution < 1.29 is 14.4 Å². The minimum absolute atomic E-state index is 0.134. The standard InChI is InChI=1S/C10H10N4O5/c1-5-11-7(13-19-5)2-3-14-4-6(9(16)17)8(15)12-10(14)18/h4H,2-3H2,1H3,(H,16,17)(H,12,15,18). The summed E-state index contributed by atoms with van der Waals surface area (Å²) in [5, 5.41) is 12.4. The third-order valence-electron chi connectivity index (χ3n) is 2.39. The van der Waals surface area contributed by atoms with Gasteiger partial charge in [-0.05, 0) is 0 Å². The van der Waals surface area contributed by atoms with Crippen molar-refractivity contribution in [2.45, 2.75) is 19.9 Å². The quantitative estimate of drug-likeness (QED) is 0.738. The Bertz CT molecular complexity index is 726. The van der Waals surface area contributed by atoms with Gasteiger partial charge >= 0.3 is 11.7 Å². The highest BCUT2D eigenvalue weighted by molar-refractivity contribution is 5.86. The van der Waals surface area contributed by atoms with Crippen LogP contribution in [0.3, 0.4) is 0 Å². The number of carboxylic acids is 1. The van der Waals surface area contributed by atoms with Crippen LogP contribution in [0, 0.1) is 6.92 Å². The molecular formula is C10H10N4O5. The lowest BCUT2D eigenvalue weighted by Crippen LogP contribution is -2.33. The van der Waals surface area contributed by atoms with Crippen molar-refractivity contribution in [3.05, 3.63) is 44.3 Å². The van der Waals surface area contributed by atoms with Gasteiger partial charge in [0.15, 0.2) is 5.82 Å². The zero-order valence-electron chi connectivity index (χ0n) is 9.91. The van der Waals surface area contributed by atoms with E-state index in [2.05, 4.69) is 10.1 Å². The molecule has 2 rings (SSSR count). The molecule has 2 aromatic rings. The average Bonchev–Trinajstić information content (AvgIpc) is 2.73. The van der Waals surface area contributed by atoms with Gasteiger partial charge in [-0.15, -0.1) is 0 Å². The number of nitrogens with zero attached hydrogens (tertiary/aromatic N) is 3. The van der Waals surface area contributed by atoms with Crippen molar-refractivity contribution in [1.82, 2.24) is 19.7 Å². The van der Waals surface area contributed by atoms with Crippen molar-refractivity contribution in [3.8, 4) is 0 Å². The molecule has 0 aliphatic carbocycles. The number of aromatic nitrogens is 4. The second-order valence-electron chi connectivity index (χ2n) is 3.78. The van der Waals surface area contributed by atoms with E-state index in [-0.39, 0.29) is 13.0 Å². The molecule has 0 atom stereocenters. The molecule has 0 saturated carbocycles. The van der Waals surface area contributed by atoms with Crippen LogP contribution in [-0.4, -0.2) is 30.8 Å². The summed E-state index contributed by atoms with van der Waals surface area (Å²) in [6.07, 6.45) is 1.28. The monoisotopic (exact) mass is 266 g/mol. The molecule has 0 unspecified atom stereocenters. The molecule has 2 aromatic heterocycles. The van der Waals surface area contributed by atoms with Crippen LogP contribution in [0.4, 0.5) is 0 Å². The SMILES string of the molecule is Cc1nc(CCn2cc(C(=O)O)c(=O)[nH]c2=O)no1. The summed E-state index contributed by atoms with van der Waals surface area (Å²) in [6.45, 7) is 1.76. The number of H-pyrrole nitrogens is 1. The maximum absolute atomic E-state index is 11.5. The summed E-state index contributed by atoms with van der Waals surface area (Å²) >= 11 is 0. The number of hydrogen-bond donors (Lipinski definition) is 2. The van der Waals surface area contributed by atoms with Gasteiger partial charge in [0.1, 0.15) is 5.56 Å². The summed E-state index contributed by atoms with van der Waals surface area (Å²) in [4.78, 5) is 39.4. The summed E-state index contributed by atoms with van der Waals surface area (Å²) in [5.74, 6) is -0.604. The summed E-state index contributed by atoms with van der Waals surface area (Å²) in [7, 11) is 0. The van der Waals surface area contributed by atoms with Gasteiger partial charge in [-0.25, -0.2) is 9.59 Å². The smallest absolute Gasteiger partial charge is 0.342 e. The zero-order valence-corrected chi connectivity index (χ0v) is 9.91. The summed E-state index contributed by atoms with van der Waals surface area (Å²) in [5.41, 5.74) is -2.11. The molecule has 9 heteroatoms. The molecule has 0 radical (unpaired) electrons. The molecule has 0 spiro atoms. The number of hydrogen-bond acceptors (Lipinski definition) is 6. The Balaban J connectivity index is 2.25. The number of carbonyl (C=O) groups is 1. The summed E-state index contributed by atoms with van der Waals surface area (Å²) in [6, 6.07) is 0. The van der Waals surface area contributed by atoms with E-state index in [1.165, 1.54) is 0 Å². The van der Waals surface area contributed by atoms with E-state index in [9.17, 15) is 14.4 Å². The Hall–Kier alpha value is -2.71. The van der Waals surface area contributed by atoms with E-state index in [0.717, 1.165) is 10.8 Å². The number of rotatable bonds is 4. The average molecular weight is 266 g/mol. The van der Waals surface area contributed by atoms with Gasteiger partial charge in [-0.3, -0.25) is 14.3 Å². The van der Waals surface area contributed by atoms with Crippen LogP contribution in [0.1, 0.15) is 22.1 Å². The molecule has 9 nitrogen and oxygen atoms in total. The fourth-order valence-electron chi connectivity index (χ4n) is 1.49. The highest BCUT2D eigenvalue weighted by Crippen LogP contribution is 1.97. The van der Waals surface area contributed by atoms with Crippen LogP contribution in [-0.2, 0) is 13.0 Å². The highest BCUT2D eigenvalue weighted by Gasteiger charge is 2.12. The van der Waals surface area contributed by atoms with Gasteiger partial charge in [0.05, 0.1) is 0 Å². The molecule has 2 N–H and O–H groups in total. The predicted octanol–water partition coefficient (Wildman–Crippen LogP) is -0.831. The van der Waals surface area contributed by atoms with Gasteiger partial charge in [0, 0.05) is 26.1 Å². The number of nitrogens with one attached hydrogen (secondary N) is 1. The number of aromatic carboxylic acids is 1. The molecule has 0 aromatic carbocycles. The van der Waals surface area contributed by atoms with Crippen LogP contribution in [0.2, 0.25) is 0 Å². The maximum Gasteiger partial charge on any atom is 0.342 e. The Morgan fingerprint density at radius 3 is 2.84 bits per heavy atom. The van der Waals surface area contributed by atoms with E-state index in [1.54, 1.807) is 6.92 Å². The van der Waals surface area contributed by atoms with Gasteiger partial charge in [0.25, 0.3) is 5.56 Å². The van der Waals surface area contributed by atoms with E-state index >= 15 is 0 Å². The van der Waals surface area contributed by atoms with Gasteiger partial charge < -0.3 is 9.63 Å². The first-order chi connectivity index (χ1) is 8.97. The number of carboxylic acid groups (broad SMARTS) is 1. The van der Waals surface area contributed by atoms with E-state index in [4.69, 9.17) is 9.63 Å². The Labute approximate surface area is 105 Å². The molecule has 100 valence electrons. The molecule has 0 bridgehead atoms. The lowest BCUT2D eigenvalue weighted by Gasteiger charge is -2.03. The van der Waals surface area contributed by atoms with Crippen molar-refractivity contribution in [2.75, 3.05) is 0 Å². The second-order valence-corrected chi connectivity index (χ2v) is 3.78. The molecular weight excluding hydrogens is 256 g/mol. The first-order valence-corrected chi connectivity index (χ1v) is 5.33. The molecule has 0 amide bonds. The largest absolute Gasteiger partial charge is 0.477 e. The fourth-order valence-corrected chi connectivity index (χ4v) is 1.49. The zero-order chi connectivity index (χ0) is 14.0. The van der Waals surface area contributed by atoms with Crippen molar-refractivity contribution in [2.24, 2.45) is 0 Å². The minimum Gasteiger partial charge on any atom is -0.477 e. The maximum atomic E-state index is 11.5. The Morgan fingerprint density at radius 2 is 2.26 bits per heavy atom. The second kappa shape index (κ2) is 4.88. The van der Waals surface area contributed by atoms with Gasteiger partial charge in [0.2, 0.25) is 5.89 Å². The first kappa shape index (κ1) is 12.7. The van der Waals surface area contributed by atoms with Crippen LogP contribution < -0.4 is 11.2 Å². The van der Waals surface area contributed by atoms with E-state index in [1.807, 2.05) is 4.98 Å². The van der Waals surface area contributed by atoms with Crippen LogP contribution in [0.25, 0.3) is 0 Å². The fraction of sp³-hybridized carbons (Fsp3) is 0.300. The lowest BCUT2D eigenvalue weighted by molar-refractivity contribution is 0.0693. The van der Waals surface area contributed by atoms with Crippen LogP contribution >= 0.6 is 0 Å². The Kier molecular flexibility index (Phi) is 3.27. The molecule has 0 aliphatic heterocycles. The van der Waals surface area contributed by atoms with Gasteiger partial charge in [-0.1, -0.05) is 5.16 Å². The van der Waals surface area contributed by atoms with Crippen LogP contribution in [0.15, 0.2) is 20.3 Å². The normalized spacial score (nSPS) is 10.6. The molecule has 0 fully saturated rings. The highest BCUT2D eigenvalue weighted by atomic mass is 16.5. The summed E-state index contributed by atoms with van der Waals surface area (Å²) < 4.78 is 5.84.